The van der Waals surface area contributed by atoms with Gasteiger partial charge in [-0.1, -0.05) is 0 Å². The Morgan fingerprint density at radius 1 is 1.91 bits per heavy atom. The van der Waals surface area contributed by atoms with Crippen LogP contribution in [0.25, 0.3) is 0 Å². The topological polar surface area (TPSA) is 92.0 Å². The number of nitrogens with zero attached hydrogens (tertiary/aromatic N) is 1. The van der Waals surface area contributed by atoms with E-state index in [-0.39, 0.29) is 6.54 Å². The van der Waals surface area contributed by atoms with E-state index < -0.39 is 11.9 Å². The number of aromatic amines is 1. The quantitative estimate of drug-likeness (QED) is 0.550. The molecule has 0 aliphatic heterocycles. The number of aliphatic carboxylic acids is 1. The van der Waals surface area contributed by atoms with E-state index in [1.165, 1.54) is 6.20 Å². The summed E-state index contributed by atoms with van der Waals surface area (Å²) in [5.74, 6) is -1.27. The van der Waals surface area contributed by atoms with E-state index in [0.29, 0.717) is 5.82 Å². The van der Waals surface area contributed by atoms with Gasteiger partial charge in [-0.25, -0.2) is 4.98 Å². The third-order valence-electron chi connectivity index (χ3n) is 1.38. The predicted molar refractivity (Wildman–Crippen MR) is 38.0 cm³/mol. The zero-order valence-electron chi connectivity index (χ0n) is 5.82. The van der Waals surface area contributed by atoms with E-state index >= 15 is 0 Å². The predicted octanol–water partition coefficient (Wildman–Crippen LogP) is -0.463. The minimum absolute atomic E-state index is 0.0584. The third kappa shape index (κ3) is 1.56. The van der Waals surface area contributed by atoms with Crippen molar-refractivity contribution >= 4 is 5.97 Å². The average Bonchev–Trinajstić information content (AvgIpc) is 2.40. The van der Waals surface area contributed by atoms with E-state index in [1.54, 1.807) is 6.20 Å². The summed E-state index contributed by atoms with van der Waals surface area (Å²) in [5.41, 5.74) is 5.22. The first-order valence-electron chi connectivity index (χ1n) is 3.18. The Morgan fingerprint density at radius 2 is 2.64 bits per heavy atom. The van der Waals surface area contributed by atoms with Crippen molar-refractivity contribution < 1.29 is 9.90 Å². The number of hydrogen-bond acceptors (Lipinski definition) is 3. The summed E-state index contributed by atoms with van der Waals surface area (Å²) in [6.45, 7) is 0.0584. The second-order valence-corrected chi connectivity index (χ2v) is 2.10. The van der Waals surface area contributed by atoms with Crippen LogP contribution in [0.3, 0.4) is 0 Å². The van der Waals surface area contributed by atoms with Gasteiger partial charge in [-0.3, -0.25) is 4.79 Å². The second kappa shape index (κ2) is 3.16. The zero-order chi connectivity index (χ0) is 8.27. The van der Waals surface area contributed by atoms with Gasteiger partial charge in [0.25, 0.3) is 0 Å². The number of carboxylic acids is 1. The highest BCUT2D eigenvalue weighted by Gasteiger charge is 2.19. The minimum Gasteiger partial charge on any atom is -0.481 e. The number of rotatable bonds is 3. The normalized spacial score (nSPS) is 12.8. The lowest BCUT2D eigenvalue weighted by atomic mass is 10.1. The molecular formula is C6H9N3O2. The van der Waals surface area contributed by atoms with Crippen molar-refractivity contribution in [3.63, 3.8) is 0 Å². The molecule has 0 aliphatic rings. The standard InChI is InChI=1S/C6H9N3O2/c7-3-4(6(10)11)5-8-1-2-9-5/h1-2,4H,3,7H2,(H,8,9)(H,10,11). The molecule has 0 fully saturated rings. The van der Waals surface area contributed by atoms with Gasteiger partial charge >= 0.3 is 5.97 Å². The van der Waals surface area contributed by atoms with Crippen molar-refractivity contribution in [2.45, 2.75) is 5.92 Å². The van der Waals surface area contributed by atoms with Crippen LogP contribution in [-0.2, 0) is 4.79 Å². The van der Waals surface area contributed by atoms with Gasteiger partial charge in [-0.15, -0.1) is 0 Å². The molecule has 0 aromatic carbocycles. The number of imidazole rings is 1. The van der Waals surface area contributed by atoms with Gasteiger partial charge in [0.05, 0.1) is 0 Å². The summed E-state index contributed by atoms with van der Waals surface area (Å²) in [6, 6.07) is 0. The lowest BCUT2D eigenvalue weighted by molar-refractivity contribution is -0.138. The number of carboxylic acid groups (broad SMARTS) is 1. The van der Waals surface area contributed by atoms with Crippen molar-refractivity contribution in [2.75, 3.05) is 6.54 Å². The number of nitrogens with one attached hydrogen (secondary N) is 1. The minimum atomic E-state index is -0.956. The highest BCUT2D eigenvalue weighted by molar-refractivity contribution is 5.75. The largest absolute Gasteiger partial charge is 0.481 e. The summed E-state index contributed by atoms with van der Waals surface area (Å²) in [4.78, 5) is 17.0. The molecule has 1 unspecified atom stereocenters. The Labute approximate surface area is 63.3 Å². The van der Waals surface area contributed by atoms with Crippen molar-refractivity contribution in [3.05, 3.63) is 18.2 Å². The van der Waals surface area contributed by atoms with Crippen LogP contribution in [0.4, 0.5) is 0 Å². The van der Waals surface area contributed by atoms with Crippen LogP contribution < -0.4 is 5.73 Å². The maximum absolute atomic E-state index is 10.5. The first-order valence-corrected chi connectivity index (χ1v) is 3.18. The molecule has 0 spiro atoms. The fraction of sp³-hybridized carbons (Fsp3) is 0.333. The lowest BCUT2D eigenvalue weighted by Gasteiger charge is -2.04. The Balaban J connectivity index is 2.79. The molecule has 0 bridgehead atoms. The molecule has 1 rings (SSSR count). The van der Waals surface area contributed by atoms with E-state index in [0.717, 1.165) is 0 Å². The molecule has 60 valence electrons. The van der Waals surface area contributed by atoms with Gasteiger partial charge in [0.2, 0.25) is 0 Å². The van der Waals surface area contributed by atoms with Gasteiger partial charge in [0.15, 0.2) is 0 Å². The number of aromatic nitrogens is 2. The van der Waals surface area contributed by atoms with Crippen LogP contribution in [0, 0.1) is 0 Å². The molecule has 1 atom stereocenters. The van der Waals surface area contributed by atoms with Crippen LogP contribution in [0.1, 0.15) is 11.7 Å². The highest BCUT2D eigenvalue weighted by atomic mass is 16.4. The molecule has 0 saturated heterocycles. The summed E-state index contributed by atoms with van der Waals surface area (Å²) < 4.78 is 0. The van der Waals surface area contributed by atoms with Crippen LogP contribution >= 0.6 is 0 Å². The SMILES string of the molecule is NCC(C(=O)O)c1ncc[nH]1. The molecule has 11 heavy (non-hydrogen) atoms. The molecule has 1 aromatic rings. The number of hydrogen-bond donors (Lipinski definition) is 3. The maximum Gasteiger partial charge on any atom is 0.315 e. The Kier molecular flexibility index (Phi) is 2.22. The molecule has 0 radical (unpaired) electrons. The number of H-pyrrole nitrogens is 1. The maximum atomic E-state index is 10.5. The fourth-order valence-electron chi connectivity index (χ4n) is 0.797. The van der Waals surface area contributed by atoms with Crippen LogP contribution in [0.15, 0.2) is 12.4 Å². The molecule has 1 heterocycles. The number of carbonyl (C=O) groups is 1. The van der Waals surface area contributed by atoms with Gasteiger partial charge in [-0.2, -0.15) is 0 Å². The summed E-state index contributed by atoms with van der Waals surface area (Å²) in [5, 5.41) is 8.61. The summed E-state index contributed by atoms with van der Waals surface area (Å²) in [6.07, 6.45) is 3.07. The number of nitrogens with two attached hydrogens (primary N) is 1. The van der Waals surface area contributed by atoms with Gasteiger partial charge < -0.3 is 15.8 Å². The fourth-order valence-corrected chi connectivity index (χ4v) is 0.797. The third-order valence-corrected chi connectivity index (χ3v) is 1.38. The highest BCUT2D eigenvalue weighted by Crippen LogP contribution is 2.07. The smallest absolute Gasteiger partial charge is 0.315 e. The molecule has 0 aliphatic carbocycles. The Morgan fingerprint density at radius 3 is 3.00 bits per heavy atom. The molecule has 0 amide bonds. The van der Waals surface area contributed by atoms with E-state index in [2.05, 4.69) is 9.97 Å². The monoisotopic (exact) mass is 155 g/mol. The molecule has 1 aromatic heterocycles. The zero-order valence-corrected chi connectivity index (χ0v) is 5.82. The van der Waals surface area contributed by atoms with Crippen molar-refractivity contribution in [1.82, 2.24) is 9.97 Å². The lowest BCUT2D eigenvalue weighted by Crippen LogP contribution is -2.22. The molecular weight excluding hydrogens is 146 g/mol. The van der Waals surface area contributed by atoms with E-state index in [9.17, 15) is 4.79 Å². The van der Waals surface area contributed by atoms with Gasteiger partial charge in [-0.05, 0) is 0 Å². The van der Waals surface area contributed by atoms with Gasteiger partial charge in [0.1, 0.15) is 11.7 Å². The van der Waals surface area contributed by atoms with Crippen molar-refractivity contribution in [3.8, 4) is 0 Å². The van der Waals surface area contributed by atoms with Crippen LogP contribution in [0.5, 0.6) is 0 Å². The average molecular weight is 155 g/mol. The molecule has 5 heteroatoms. The van der Waals surface area contributed by atoms with Gasteiger partial charge in [0, 0.05) is 18.9 Å². The van der Waals surface area contributed by atoms with E-state index in [1.807, 2.05) is 0 Å². The van der Waals surface area contributed by atoms with Crippen molar-refractivity contribution in [2.24, 2.45) is 5.73 Å². The Bertz CT molecular complexity index is 232. The molecule has 0 saturated carbocycles. The molecule has 5 nitrogen and oxygen atoms in total. The Hall–Kier alpha value is -1.36. The summed E-state index contributed by atoms with van der Waals surface area (Å²) >= 11 is 0. The first-order chi connectivity index (χ1) is 5.25. The molecule has 4 N–H and O–H groups in total. The van der Waals surface area contributed by atoms with E-state index in [4.69, 9.17) is 10.8 Å². The summed E-state index contributed by atoms with van der Waals surface area (Å²) in [7, 11) is 0. The van der Waals surface area contributed by atoms with Crippen molar-refractivity contribution in [1.29, 1.82) is 0 Å². The van der Waals surface area contributed by atoms with Crippen LogP contribution in [-0.4, -0.2) is 27.6 Å². The van der Waals surface area contributed by atoms with Crippen LogP contribution in [0.2, 0.25) is 0 Å². The first kappa shape index (κ1) is 7.74. The second-order valence-electron chi connectivity index (χ2n) is 2.10.